The van der Waals surface area contributed by atoms with Gasteiger partial charge in [0.1, 0.15) is 13.2 Å². The Morgan fingerprint density at radius 1 is 1.05 bits per heavy atom. The Labute approximate surface area is 128 Å². The van der Waals surface area contributed by atoms with Gasteiger partial charge in [0.05, 0.1) is 6.04 Å². The molecular formula is C16H17ClN2O2. The highest BCUT2D eigenvalue weighted by molar-refractivity contribution is 6.30. The minimum atomic E-state index is 0.00185. The number of benzene rings is 2. The molecule has 3 rings (SSSR count). The first-order valence-corrected chi connectivity index (χ1v) is 7.26. The van der Waals surface area contributed by atoms with Crippen LogP contribution in [-0.2, 0) is 0 Å². The molecule has 0 amide bonds. The van der Waals surface area contributed by atoms with Gasteiger partial charge in [-0.3, -0.25) is 0 Å². The van der Waals surface area contributed by atoms with Crippen LogP contribution in [0.3, 0.4) is 0 Å². The van der Waals surface area contributed by atoms with E-state index in [0.29, 0.717) is 24.8 Å². The van der Waals surface area contributed by atoms with E-state index in [9.17, 15) is 0 Å². The van der Waals surface area contributed by atoms with Gasteiger partial charge in [0.2, 0.25) is 0 Å². The van der Waals surface area contributed by atoms with E-state index in [0.717, 1.165) is 22.7 Å². The van der Waals surface area contributed by atoms with Gasteiger partial charge in [-0.2, -0.15) is 0 Å². The molecule has 21 heavy (non-hydrogen) atoms. The largest absolute Gasteiger partial charge is 0.486 e. The smallest absolute Gasteiger partial charge is 0.161 e. The monoisotopic (exact) mass is 304 g/mol. The normalized spacial score (nSPS) is 14.6. The molecule has 0 saturated carbocycles. The van der Waals surface area contributed by atoms with Gasteiger partial charge in [-0.05, 0) is 42.0 Å². The van der Waals surface area contributed by atoms with E-state index >= 15 is 0 Å². The third-order valence-corrected chi connectivity index (χ3v) is 3.64. The molecule has 2 aromatic rings. The van der Waals surface area contributed by atoms with Crippen molar-refractivity contribution in [2.24, 2.45) is 5.73 Å². The minimum Gasteiger partial charge on any atom is -0.486 e. The van der Waals surface area contributed by atoms with Gasteiger partial charge in [-0.15, -0.1) is 0 Å². The third-order valence-electron chi connectivity index (χ3n) is 3.39. The second-order valence-electron chi connectivity index (χ2n) is 4.84. The molecule has 0 saturated heterocycles. The van der Waals surface area contributed by atoms with Crippen LogP contribution in [0.2, 0.25) is 5.02 Å². The van der Waals surface area contributed by atoms with Crippen molar-refractivity contribution in [2.45, 2.75) is 6.04 Å². The van der Waals surface area contributed by atoms with E-state index in [-0.39, 0.29) is 6.04 Å². The fraction of sp³-hybridized carbons (Fsp3) is 0.250. The van der Waals surface area contributed by atoms with Crippen LogP contribution >= 0.6 is 11.6 Å². The lowest BCUT2D eigenvalue weighted by atomic mass is 10.1. The molecule has 1 atom stereocenters. The Balaban J connectivity index is 1.81. The number of nitrogens with one attached hydrogen (secondary N) is 1. The van der Waals surface area contributed by atoms with Crippen LogP contribution in [0.1, 0.15) is 11.6 Å². The van der Waals surface area contributed by atoms with Gasteiger partial charge in [-0.25, -0.2) is 0 Å². The molecule has 0 fully saturated rings. The molecule has 3 N–H and O–H groups in total. The summed E-state index contributed by atoms with van der Waals surface area (Å²) < 4.78 is 11.1. The van der Waals surface area contributed by atoms with E-state index in [4.69, 9.17) is 26.8 Å². The highest BCUT2D eigenvalue weighted by Crippen LogP contribution is 2.33. The average Bonchev–Trinajstić information content (AvgIpc) is 2.54. The average molecular weight is 305 g/mol. The lowest BCUT2D eigenvalue weighted by Gasteiger charge is -2.23. The molecule has 1 aliphatic rings. The third kappa shape index (κ3) is 3.23. The van der Waals surface area contributed by atoms with E-state index in [2.05, 4.69) is 5.32 Å². The highest BCUT2D eigenvalue weighted by Gasteiger charge is 2.16. The lowest BCUT2D eigenvalue weighted by Crippen LogP contribution is -2.21. The van der Waals surface area contributed by atoms with Crippen molar-refractivity contribution in [2.75, 3.05) is 25.1 Å². The molecule has 110 valence electrons. The summed E-state index contributed by atoms with van der Waals surface area (Å²) in [5.41, 5.74) is 7.94. The highest BCUT2D eigenvalue weighted by atomic mass is 35.5. The van der Waals surface area contributed by atoms with E-state index in [1.54, 1.807) is 0 Å². The van der Waals surface area contributed by atoms with Crippen molar-refractivity contribution >= 4 is 17.3 Å². The van der Waals surface area contributed by atoms with E-state index in [1.165, 1.54) is 0 Å². The zero-order valence-corrected chi connectivity index (χ0v) is 12.3. The Kier molecular flexibility index (Phi) is 4.18. The number of halogens is 1. The van der Waals surface area contributed by atoms with Crippen molar-refractivity contribution in [3.8, 4) is 11.5 Å². The van der Waals surface area contributed by atoms with Crippen LogP contribution < -0.4 is 20.5 Å². The van der Waals surface area contributed by atoms with Crippen LogP contribution in [0.25, 0.3) is 0 Å². The molecule has 1 aliphatic heterocycles. The maximum Gasteiger partial charge on any atom is 0.161 e. The first kappa shape index (κ1) is 14.0. The molecular weight excluding hydrogens is 288 g/mol. The number of nitrogens with two attached hydrogens (primary N) is 1. The SMILES string of the molecule is NCC(Nc1ccc(Cl)cc1)c1ccc2c(c1)OCCO2. The number of fused-ring (bicyclic) bond motifs is 1. The fourth-order valence-corrected chi connectivity index (χ4v) is 2.43. The van der Waals surface area contributed by atoms with Crippen LogP contribution in [0.4, 0.5) is 5.69 Å². The second kappa shape index (κ2) is 6.24. The number of hydrogen-bond donors (Lipinski definition) is 2. The van der Waals surface area contributed by atoms with E-state index in [1.807, 2.05) is 42.5 Å². The van der Waals surface area contributed by atoms with Crippen molar-refractivity contribution in [3.05, 3.63) is 53.1 Å². The first-order valence-electron chi connectivity index (χ1n) is 6.88. The summed E-state index contributed by atoms with van der Waals surface area (Å²) >= 11 is 5.90. The zero-order valence-electron chi connectivity index (χ0n) is 11.5. The summed E-state index contributed by atoms with van der Waals surface area (Å²) in [5.74, 6) is 1.56. The Morgan fingerprint density at radius 2 is 1.76 bits per heavy atom. The molecule has 2 aromatic carbocycles. The predicted octanol–water partition coefficient (Wildman–Crippen LogP) is 3.22. The molecule has 0 spiro atoms. The van der Waals surface area contributed by atoms with Gasteiger partial charge < -0.3 is 20.5 Å². The summed E-state index contributed by atoms with van der Waals surface area (Å²) in [6, 6.07) is 13.5. The zero-order chi connectivity index (χ0) is 14.7. The Bertz CT molecular complexity index is 616. The standard InChI is InChI=1S/C16H17ClN2O2/c17-12-2-4-13(5-3-12)19-14(10-18)11-1-6-15-16(9-11)21-8-7-20-15/h1-6,9,14,19H,7-8,10,18H2. The topological polar surface area (TPSA) is 56.5 Å². The van der Waals surface area contributed by atoms with Crippen molar-refractivity contribution in [1.82, 2.24) is 0 Å². The number of hydrogen-bond acceptors (Lipinski definition) is 4. The maximum atomic E-state index is 5.90. The van der Waals surface area contributed by atoms with Gasteiger partial charge in [0.15, 0.2) is 11.5 Å². The summed E-state index contributed by atoms with van der Waals surface area (Å²) in [5, 5.41) is 4.11. The molecule has 1 heterocycles. The van der Waals surface area contributed by atoms with Gasteiger partial charge in [0.25, 0.3) is 0 Å². The molecule has 0 bridgehead atoms. The Hall–Kier alpha value is -1.91. The maximum absolute atomic E-state index is 5.90. The number of ether oxygens (including phenoxy) is 2. The quantitative estimate of drug-likeness (QED) is 0.910. The van der Waals surface area contributed by atoms with Crippen molar-refractivity contribution in [1.29, 1.82) is 0 Å². The Morgan fingerprint density at radius 3 is 2.48 bits per heavy atom. The van der Waals surface area contributed by atoms with Crippen molar-refractivity contribution < 1.29 is 9.47 Å². The number of anilines is 1. The number of rotatable bonds is 4. The van der Waals surface area contributed by atoms with Crippen molar-refractivity contribution in [3.63, 3.8) is 0 Å². The van der Waals surface area contributed by atoms with Crippen LogP contribution in [-0.4, -0.2) is 19.8 Å². The molecule has 0 radical (unpaired) electrons. The molecule has 4 nitrogen and oxygen atoms in total. The predicted molar refractivity (Wildman–Crippen MR) is 84.3 cm³/mol. The molecule has 0 aliphatic carbocycles. The molecule has 5 heteroatoms. The summed E-state index contributed by atoms with van der Waals surface area (Å²) in [6.45, 7) is 1.65. The van der Waals surface area contributed by atoms with Gasteiger partial charge >= 0.3 is 0 Å². The van der Waals surface area contributed by atoms with Crippen LogP contribution in [0.15, 0.2) is 42.5 Å². The van der Waals surface area contributed by atoms with Crippen LogP contribution in [0.5, 0.6) is 11.5 Å². The minimum absolute atomic E-state index is 0.00185. The summed E-state index contributed by atoms with van der Waals surface area (Å²) in [6.07, 6.45) is 0. The van der Waals surface area contributed by atoms with E-state index < -0.39 is 0 Å². The summed E-state index contributed by atoms with van der Waals surface area (Å²) in [4.78, 5) is 0. The summed E-state index contributed by atoms with van der Waals surface area (Å²) in [7, 11) is 0. The molecule has 0 aromatic heterocycles. The lowest BCUT2D eigenvalue weighted by molar-refractivity contribution is 0.171. The fourth-order valence-electron chi connectivity index (χ4n) is 2.30. The van der Waals surface area contributed by atoms with Crippen LogP contribution in [0, 0.1) is 0 Å². The van der Waals surface area contributed by atoms with Gasteiger partial charge in [-0.1, -0.05) is 17.7 Å². The first-order chi connectivity index (χ1) is 10.3. The molecule has 1 unspecified atom stereocenters. The van der Waals surface area contributed by atoms with Gasteiger partial charge in [0, 0.05) is 17.3 Å². The second-order valence-corrected chi connectivity index (χ2v) is 5.28.